The van der Waals surface area contributed by atoms with Gasteiger partial charge in [0, 0.05) is 13.1 Å². The summed E-state index contributed by atoms with van der Waals surface area (Å²) in [6.07, 6.45) is 4.77. The third-order valence-corrected chi connectivity index (χ3v) is 3.78. The van der Waals surface area contributed by atoms with E-state index in [0.717, 1.165) is 12.8 Å². The number of nitrogens with zero attached hydrogens (tertiary/aromatic N) is 4. The molecular formula is C14H18N6O3. The second kappa shape index (κ2) is 6.51. The van der Waals surface area contributed by atoms with E-state index in [1.807, 2.05) is 0 Å². The minimum absolute atomic E-state index is 0.00982. The van der Waals surface area contributed by atoms with Crippen LogP contribution in [0.25, 0.3) is 0 Å². The molecule has 0 aromatic carbocycles. The third-order valence-electron chi connectivity index (χ3n) is 3.78. The van der Waals surface area contributed by atoms with Gasteiger partial charge in [0.1, 0.15) is 12.1 Å². The highest BCUT2D eigenvalue weighted by Gasteiger charge is 2.26. The molecule has 2 aromatic rings. The summed E-state index contributed by atoms with van der Waals surface area (Å²) in [4.78, 5) is 28.9. The van der Waals surface area contributed by atoms with E-state index in [0.29, 0.717) is 25.4 Å². The SMILES string of the molecule is NC(=O)c1ncn(C2CCCN(C(=O)NCc3ccco3)C2)n1. The lowest BCUT2D eigenvalue weighted by Crippen LogP contribution is -2.45. The van der Waals surface area contributed by atoms with Gasteiger partial charge in [0.2, 0.25) is 5.82 Å². The van der Waals surface area contributed by atoms with Crippen LogP contribution in [0.15, 0.2) is 29.1 Å². The van der Waals surface area contributed by atoms with Crippen LogP contribution in [0.3, 0.4) is 0 Å². The number of amides is 3. The number of rotatable bonds is 4. The molecule has 23 heavy (non-hydrogen) atoms. The normalized spacial score (nSPS) is 17.9. The summed E-state index contributed by atoms with van der Waals surface area (Å²) in [7, 11) is 0. The molecule has 1 fully saturated rings. The Morgan fingerprint density at radius 2 is 2.35 bits per heavy atom. The molecule has 122 valence electrons. The van der Waals surface area contributed by atoms with Gasteiger partial charge in [-0.2, -0.15) is 0 Å². The van der Waals surface area contributed by atoms with Crippen LogP contribution in [0.1, 0.15) is 35.3 Å². The first-order valence-electron chi connectivity index (χ1n) is 7.39. The minimum Gasteiger partial charge on any atom is -0.467 e. The van der Waals surface area contributed by atoms with Gasteiger partial charge in [0.05, 0.1) is 18.8 Å². The highest BCUT2D eigenvalue weighted by molar-refractivity contribution is 5.88. The second-order valence-corrected chi connectivity index (χ2v) is 5.39. The summed E-state index contributed by atoms with van der Waals surface area (Å²) in [6.45, 7) is 1.53. The number of aromatic nitrogens is 3. The van der Waals surface area contributed by atoms with Gasteiger partial charge in [0.15, 0.2) is 0 Å². The lowest BCUT2D eigenvalue weighted by atomic mass is 10.1. The summed E-state index contributed by atoms with van der Waals surface area (Å²) >= 11 is 0. The molecule has 0 spiro atoms. The maximum atomic E-state index is 12.2. The number of nitrogens with one attached hydrogen (secondary N) is 1. The molecule has 3 N–H and O–H groups in total. The fourth-order valence-electron chi connectivity index (χ4n) is 2.61. The van der Waals surface area contributed by atoms with Crippen molar-refractivity contribution in [2.75, 3.05) is 13.1 Å². The fourth-order valence-corrected chi connectivity index (χ4v) is 2.61. The highest BCUT2D eigenvalue weighted by Crippen LogP contribution is 2.20. The average Bonchev–Trinajstić information content (AvgIpc) is 3.24. The van der Waals surface area contributed by atoms with Crippen LogP contribution in [-0.4, -0.2) is 44.7 Å². The number of nitrogens with two attached hydrogens (primary N) is 1. The third kappa shape index (κ3) is 3.50. The smallest absolute Gasteiger partial charge is 0.317 e. The van der Waals surface area contributed by atoms with Crippen molar-refractivity contribution in [1.29, 1.82) is 0 Å². The van der Waals surface area contributed by atoms with Crippen LogP contribution in [0.2, 0.25) is 0 Å². The Hall–Kier alpha value is -2.84. The van der Waals surface area contributed by atoms with Crippen molar-refractivity contribution < 1.29 is 14.0 Å². The van der Waals surface area contributed by atoms with Crippen molar-refractivity contribution >= 4 is 11.9 Å². The molecule has 0 bridgehead atoms. The van der Waals surface area contributed by atoms with Crippen LogP contribution < -0.4 is 11.1 Å². The Kier molecular flexibility index (Phi) is 4.26. The van der Waals surface area contributed by atoms with Crippen LogP contribution in [0.5, 0.6) is 0 Å². The Balaban J connectivity index is 1.58. The number of piperidine rings is 1. The molecule has 2 aromatic heterocycles. The van der Waals surface area contributed by atoms with E-state index in [4.69, 9.17) is 10.2 Å². The van der Waals surface area contributed by atoms with E-state index in [2.05, 4.69) is 15.4 Å². The molecule has 1 aliphatic heterocycles. The number of carbonyl (C=O) groups is 2. The first-order chi connectivity index (χ1) is 11.1. The molecule has 0 aliphatic carbocycles. The van der Waals surface area contributed by atoms with E-state index in [1.54, 1.807) is 28.0 Å². The molecule has 0 radical (unpaired) electrons. The summed E-state index contributed by atoms with van der Waals surface area (Å²) < 4.78 is 6.79. The number of primary amides is 1. The van der Waals surface area contributed by atoms with Gasteiger partial charge in [-0.15, -0.1) is 5.10 Å². The van der Waals surface area contributed by atoms with Crippen molar-refractivity contribution in [2.24, 2.45) is 5.73 Å². The van der Waals surface area contributed by atoms with E-state index >= 15 is 0 Å². The lowest BCUT2D eigenvalue weighted by Gasteiger charge is -2.32. The maximum absolute atomic E-state index is 12.2. The zero-order valence-corrected chi connectivity index (χ0v) is 12.5. The van der Waals surface area contributed by atoms with Crippen molar-refractivity contribution in [1.82, 2.24) is 25.0 Å². The Morgan fingerprint density at radius 1 is 1.48 bits per heavy atom. The molecule has 1 unspecified atom stereocenters. The van der Waals surface area contributed by atoms with Gasteiger partial charge in [-0.05, 0) is 25.0 Å². The zero-order chi connectivity index (χ0) is 16.2. The van der Waals surface area contributed by atoms with Crippen molar-refractivity contribution in [3.63, 3.8) is 0 Å². The van der Waals surface area contributed by atoms with Crippen molar-refractivity contribution in [3.8, 4) is 0 Å². The van der Waals surface area contributed by atoms with Crippen LogP contribution >= 0.6 is 0 Å². The molecule has 1 aliphatic rings. The lowest BCUT2D eigenvalue weighted by molar-refractivity contribution is 0.0989. The number of hydrogen-bond donors (Lipinski definition) is 2. The quantitative estimate of drug-likeness (QED) is 0.851. The van der Waals surface area contributed by atoms with Crippen LogP contribution in [-0.2, 0) is 6.54 Å². The van der Waals surface area contributed by atoms with Crippen molar-refractivity contribution in [3.05, 3.63) is 36.3 Å². The van der Waals surface area contributed by atoms with Crippen LogP contribution in [0, 0.1) is 0 Å². The molecule has 9 heteroatoms. The number of hydrogen-bond acceptors (Lipinski definition) is 5. The van der Waals surface area contributed by atoms with Gasteiger partial charge in [-0.3, -0.25) is 4.79 Å². The molecular weight excluding hydrogens is 300 g/mol. The highest BCUT2D eigenvalue weighted by atomic mass is 16.3. The number of carbonyl (C=O) groups excluding carboxylic acids is 2. The summed E-state index contributed by atoms with van der Waals surface area (Å²) in [5.74, 6) is 0.0336. The topological polar surface area (TPSA) is 119 Å². The molecule has 1 saturated heterocycles. The number of furan rings is 1. The predicted octanol–water partition coefficient (Wildman–Crippen LogP) is 0.517. The molecule has 3 rings (SSSR count). The largest absolute Gasteiger partial charge is 0.467 e. The molecule has 3 heterocycles. The number of likely N-dealkylation sites (tertiary alicyclic amines) is 1. The second-order valence-electron chi connectivity index (χ2n) is 5.39. The molecule has 3 amide bonds. The van der Waals surface area contributed by atoms with Gasteiger partial charge in [-0.25, -0.2) is 14.5 Å². The Bertz CT molecular complexity index is 681. The van der Waals surface area contributed by atoms with E-state index < -0.39 is 5.91 Å². The molecule has 9 nitrogen and oxygen atoms in total. The average molecular weight is 318 g/mol. The molecule has 1 atom stereocenters. The van der Waals surface area contributed by atoms with E-state index in [1.165, 1.54) is 6.33 Å². The van der Waals surface area contributed by atoms with Gasteiger partial charge in [0.25, 0.3) is 5.91 Å². The first-order valence-corrected chi connectivity index (χ1v) is 7.39. The Morgan fingerprint density at radius 3 is 3.04 bits per heavy atom. The maximum Gasteiger partial charge on any atom is 0.317 e. The monoisotopic (exact) mass is 318 g/mol. The minimum atomic E-state index is -0.660. The van der Waals surface area contributed by atoms with Gasteiger partial charge < -0.3 is 20.4 Å². The summed E-state index contributed by atoms with van der Waals surface area (Å²) in [5.41, 5.74) is 5.16. The van der Waals surface area contributed by atoms with Gasteiger partial charge in [-0.1, -0.05) is 0 Å². The fraction of sp³-hybridized carbons (Fsp3) is 0.429. The van der Waals surface area contributed by atoms with E-state index in [9.17, 15) is 9.59 Å². The first kappa shape index (κ1) is 15.1. The van der Waals surface area contributed by atoms with Crippen molar-refractivity contribution in [2.45, 2.75) is 25.4 Å². The van der Waals surface area contributed by atoms with Gasteiger partial charge >= 0.3 is 6.03 Å². The zero-order valence-electron chi connectivity index (χ0n) is 12.5. The molecule has 0 saturated carbocycles. The van der Waals surface area contributed by atoms with Crippen LogP contribution in [0.4, 0.5) is 4.79 Å². The summed E-state index contributed by atoms with van der Waals surface area (Å²) in [5, 5.41) is 6.90. The number of urea groups is 1. The Labute approximate surface area is 132 Å². The van der Waals surface area contributed by atoms with E-state index in [-0.39, 0.29) is 17.9 Å². The standard InChI is InChI=1S/C14H18N6O3/c15-12(21)13-17-9-20(18-13)10-3-1-5-19(8-10)14(22)16-7-11-4-2-6-23-11/h2,4,6,9-10H,1,3,5,7-8H2,(H2,15,21)(H,16,22). The predicted molar refractivity (Wildman–Crippen MR) is 79.3 cm³/mol. The summed E-state index contributed by atoms with van der Waals surface area (Å²) in [6, 6.07) is 3.42.